The third kappa shape index (κ3) is 7.31. The molecule has 0 radical (unpaired) electrons. The Morgan fingerprint density at radius 1 is 0.514 bits per heavy atom. The zero-order valence-corrected chi connectivity index (χ0v) is 21.1. The number of anilines is 4. The number of hydrogen-bond donors (Lipinski definition) is 4. The normalized spacial score (nSPS) is 16.1. The molecule has 0 saturated carbocycles. The van der Waals surface area contributed by atoms with Gasteiger partial charge in [-0.15, -0.1) is 0 Å². The van der Waals surface area contributed by atoms with Crippen LogP contribution in [0.15, 0.2) is 0 Å². The first-order valence-electron chi connectivity index (χ1n) is 13.2. The maximum absolute atomic E-state index is 9.64. The van der Waals surface area contributed by atoms with Crippen molar-refractivity contribution in [2.24, 2.45) is 0 Å². The van der Waals surface area contributed by atoms with Gasteiger partial charge in [0, 0.05) is 52.4 Å². The number of fused-ring (bicyclic) bond motifs is 1. The number of aromatic nitrogens is 4. The zero-order chi connectivity index (χ0) is 25.3. The molecular formula is C24H41N8NaO4. The van der Waals surface area contributed by atoms with Gasteiger partial charge < -0.3 is 40.0 Å². The van der Waals surface area contributed by atoms with Gasteiger partial charge in [-0.05, 0) is 38.5 Å². The summed E-state index contributed by atoms with van der Waals surface area (Å²) in [7, 11) is 0. The molecule has 0 aliphatic carbocycles. The van der Waals surface area contributed by atoms with E-state index in [-0.39, 0.29) is 56.0 Å². The molecule has 37 heavy (non-hydrogen) atoms. The van der Waals surface area contributed by atoms with E-state index in [1.807, 2.05) is 0 Å². The van der Waals surface area contributed by atoms with Crippen molar-refractivity contribution in [3.8, 4) is 0 Å². The van der Waals surface area contributed by atoms with E-state index in [1.54, 1.807) is 9.80 Å². The van der Waals surface area contributed by atoms with E-state index in [0.717, 1.165) is 63.5 Å². The van der Waals surface area contributed by atoms with Crippen LogP contribution in [0.25, 0.3) is 11.0 Å². The summed E-state index contributed by atoms with van der Waals surface area (Å²) in [5.41, 5.74) is 1.31. The van der Waals surface area contributed by atoms with Gasteiger partial charge in [-0.25, -0.2) is 9.97 Å². The number of hydrogen-bond acceptors (Lipinski definition) is 12. The second-order valence-electron chi connectivity index (χ2n) is 9.36. The Balaban J connectivity index is 0.00000380. The summed E-state index contributed by atoms with van der Waals surface area (Å²) in [5, 5.41) is 38.6. The van der Waals surface area contributed by atoms with Crippen LogP contribution in [0, 0.1) is 0 Å². The van der Waals surface area contributed by atoms with Crippen molar-refractivity contribution < 1.29 is 20.4 Å². The molecule has 12 nitrogen and oxygen atoms in total. The van der Waals surface area contributed by atoms with Gasteiger partial charge in [0.2, 0.25) is 11.9 Å². The second-order valence-corrected chi connectivity index (χ2v) is 9.36. The number of rotatable bonds is 12. The van der Waals surface area contributed by atoms with Gasteiger partial charge >= 0.3 is 29.6 Å². The van der Waals surface area contributed by atoms with Crippen molar-refractivity contribution in [3.05, 3.63) is 0 Å². The summed E-state index contributed by atoms with van der Waals surface area (Å²) in [6, 6.07) is 0. The summed E-state index contributed by atoms with van der Waals surface area (Å²) < 4.78 is 0. The molecule has 0 unspecified atom stereocenters. The Kier molecular flexibility index (Phi) is 12.3. The Morgan fingerprint density at radius 3 is 1.14 bits per heavy atom. The van der Waals surface area contributed by atoms with Gasteiger partial charge in [0.1, 0.15) is 11.0 Å². The molecule has 2 saturated heterocycles. The van der Waals surface area contributed by atoms with Crippen molar-refractivity contribution in [1.82, 2.24) is 19.9 Å². The van der Waals surface area contributed by atoms with Crippen LogP contribution in [-0.2, 0) is 0 Å². The number of piperidine rings is 2. The molecule has 202 valence electrons. The van der Waals surface area contributed by atoms with E-state index in [1.165, 1.54) is 12.8 Å². The number of nitrogens with zero attached hydrogens (tertiary/aromatic N) is 8. The summed E-state index contributed by atoms with van der Waals surface area (Å²) in [6.07, 6.45) is 6.61. The van der Waals surface area contributed by atoms with Gasteiger partial charge in [-0.3, -0.25) is 0 Å². The molecule has 2 aliphatic rings. The zero-order valence-electron chi connectivity index (χ0n) is 21.1. The van der Waals surface area contributed by atoms with Crippen molar-refractivity contribution in [3.63, 3.8) is 0 Å². The summed E-state index contributed by atoms with van der Waals surface area (Å²) in [6.45, 7) is 4.38. The Morgan fingerprint density at radius 2 is 0.838 bits per heavy atom. The molecule has 0 atom stereocenters. The average molecular weight is 529 g/mol. The second kappa shape index (κ2) is 15.2. The van der Waals surface area contributed by atoms with Crippen LogP contribution < -0.4 is 19.6 Å². The predicted octanol–water partition coefficient (Wildman–Crippen LogP) is -0.666. The van der Waals surface area contributed by atoms with Crippen LogP contribution in [0.5, 0.6) is 0 Å². The van der Waals surface area contributed by atoms with E-state index >= 15 is 0 Å². The van der Waals surface area contributed by atoms with Crippen LogP contribution in [0.4, 0.5) is 23.5 Å². The predicted molar refractivity (Wildman–Crippen MR) is 147 cm³/mol. The molecule has 0 amide bonds. The van der Waals surface area contributed by atoms with Gasteiger partial charge in [-0.1, -0.05) is 0 Å². The number of aliphatic hydroxyl groups is 4. The van der Waals surface area contributed by atoms with Crippen molar-refractivity contribution >= 4 is 64.1 Å². The van der Waals surface area contributed by atoms with Gasteiger partial charge in [0.15, 0.2) is 11.6 Å². The van der Waals surface area contributed by atoms with E-state index in [4.69, 9.17) is 19.9 Å². The molecule has 2 aromatic heterocycles. The Hall–Kier alpha value is -1.54. The molecule has 4 N–H and O–H groups in total. The van der Waals surface area contributed by atoms with E-state index in [2.05, 4.69) is 9.80 Å². The van der Waals surface area contributed by atoms with Crippen molar-refractivity contribution in [2.45, 2.75) is 38.5 Å². The van der Waals surface area contributed by atoms with Crippen molar-refractivity contribution in [1.29, 1.82) is 0 Å². The molecule has 0 spiro atoms. The minimum absolute atomic E-state index is 0. The van der Waals surface area contributed by atoms with Crippen LogP contribution in [0.1, 0.15) is 38.5 Å². The van der Waals surface area contributed by atoms with Gasteiger partial charge in [-0.2, -0.15) is 9.97 Å². The van der Waals surface area contributed by atoms with Crippen molar-refractivity contribution in [2.75, 3.05) is 98.4 Å². The van der Waals surface area contributed by atoms with Crippen LogP contribution >= 0.6 is 0 Å². The fourth-order valence-electron chi connectivity index (χ4n) is 5.00. The molecule has 2 aliphatic heterocycles. The van der Waals surface area contributed by atoms with E-state index in [0.29, 0.717) is 49.1 Å². The minimum atomic E-state index is -0.0772. The third-order valence-corrected chi connectivity index (χ3v) is 6.84. The summed E-state index contributed by atoms with van der Waals surface area (Å²) >= 11 is 0. The molecular weight excluding hydrogens is 487 g/mol. The molecule has 2 fully saturated rings. The van der Waals surface area contributed by atoms with Gasteiger partial charge in [0.25, 0.3) is 0 Å². The molecule has 2 aromatic rings. The van der Waals surface area contributed by atoms with Crippen LogP contribution in [0.3, 0.4) is 0 Å². The molecule has 13 heteroatoms. The first kappa shape index (κ1) is 30.0. The fraction of sp³-hybridized carbons (Fsp3) is 0.750. The first-order chi connectivity index (χ1) is 17.7. The SMILES string of the molecule is OCCN(CCO)c1nc(N2CCCCC2)c2nc(N(CCO)CCO)nc(N3CCCCC3)c2n1.[NaH]. The van der Waals surface area contributed by atoms with E-state index in [9.17, 15) is 20.4 Å². The molecule has 0 bridgehead atoms. The van der Waals surface area contributed by atoms with Crippen LogP contribution in [0.2, 0.25) is 0 Å². The Bertz CT molecular complexity index is 886. The topological polar surface area (TPSA) is 145 Å². The summed E-state index contributed by atoms with van der Waals surface area (Å²) in [5.74, 6) is 2.35. The quantitative estimate of drug-likeness (QED) is 0.259. The standard InChI is InChI=1S/C24H40N8O4.Na.H/c33-15-11-31(12-16-34)23-26-20-19(21(27-23)29-7-3-1-4-8-29)25-24(32(13-17-35)14-18-36)28-22(20)30-9-5-2-6-10-30;;/h33-36H,1-18H2;;. The maximum atomic E-state index is 9.64. The third-order valence-electron chi connectivity index (χ3n) is 6.84. The molecule has 0 aromatic carbocycles. The van der Waals surface area contributed by atoms with Crippen LogP contribution in [-0.4, -0.2) is 149 Å². The molecule has 4 heterocycles. The fourth-order valence-corrected chi connectivity index (χ4v) is 5.00. The average Bonchev–Trinajstić information content (AvgIpc) is 2.92. The van der Waals surface area contributed by atoms with Gasteiger partial charge in [0.05, 0.1) is 26.4 Å². The number of aliphatic hydroxyl groups excluding tert-OH is 4. The monoisotopic (exact) mass is 528 g/mol. The summed E-state index contributed by atoms with van der Waals surface area (Å²) in [4.78, 5) is 27.8. The Labute approximate surface area is 240 Å². The van der Waals surface area contributed by atoms with E-state index < -0.39 is 0 Å². The first-order valence-corrected chi connectivity index (χ1v) is 13.2. The molecule has 4 rings (SSSR count).